The van der Waals surface area contributed by atoms with Gasteiger partial charge in [0.1, 0.15) is 11.5 Å². The van der Waals surface area contributed by atoms with Gasteiger partial charge in [0.25, 0.3) is 0 Å². The molecule has 4 nitrogen and oxygen atoms in total. The van der Waals surface area contributed by atoms with Crippen LogP contribution in [0.5, 0.6) is 11.5 Å². The van der Waals surface area contributed by atoms with Crippen molar-refractivity contribution < 1.29 is 9.47 Å². The molecule has 0 spiro atoms. The summed E-state index contributed by atoms with van der Waals surface area (Å²) in [4.78, 5) is 1.96. The van der Waals surface area contributed by atoms with Gasteiger partial charge in [0.15, 0.2) is 5.11 Å². The van der Waals surface area contributed by atoms with Crippen molar-refractivity contribution in [2.24, 2.45) is 5.73 Å². The van der Waals surface area contributed by atoms with E-state index in [0.717, 1.165) is 54.4 Å². The van der Waals surface area contributed by atoms with Gasteiger partial charge in [-0.25, -0.2) is 0 Å². The van der Waals surface area contributed by atoms with Crippen LogP contribution in [0.4, 0.5) is 5.69 Å². The average Bonchev–Trinajstić information content (AvgIpc) is 3.07. The maximum Gasteiger partial charge on any atom is 0.170 e. The van der Waals surface area contributed by atoms with E-state index in [9.17, 15) is 0 Å². The highest BCUT2D eigenvalue weighted by molar-refractivity contribution is 7.80. The monoisotopic (exact) mass is 390 g/mol. The second-order valence-corrected chi connectivity index (χ2v) is 7.06. The summed E-state index contributed by atoms with van der Waals surface area (Å²) >= 11 is 11.0. The van der Waals surface area contributed by atoms with Crippen LogP contribution in [0.15, 0.2) is 42.5 Å². The van der Waals surface area contributed by atoms with Gasteiger partial charge in [0, 0.05) is 17.1 Å². The number of fused-ring (bicyclic) bond motifs is 1. The SMILES string of the molecule is NC(=S)N1CCc2c(OCCCCCOc3ccc(Cl)cc3)cccc21. The molecule has 0 bridgehead atoms. The highest BCUT2D eigenvalue weighted by Crippen LogP contribution is 2.35. The number of ether oxygens (including phenoxy) is 2. The first kappa shape index (κ1) is 18.8. The van der Waals surface area contributed by atoms with Crippen molar-refractivity contribution in [2.75, 3.05) is 24.7 Å². The van der Waals surface area contributed by atoms with E-state index in [-0.39, 0.29) is 0 Å². The summed E-state index contributed by atoms with van der Waals surface area (Å²) in [5, 5.41) is 1.14. The third-order valence-electron chi connectivity index (χ3n) is 4.38. The maximum atomic E-state index is 5.99. The van der Waals surface area contributed by atoms with Crippen molar-refractivity contribution in [3.63, 3.8) is 0 Å². The smallest absolute Gasteiger partial charge is 0.170 e. The number of anilines is 1. The average molecular weight is 391 g/mol. The van der Waals surface area contributed by atoms with Gasteiger partial charge in [-0.2, -0.15) is 0 Å². The van der Waals surface area contributed by atoms with Gasteiger partial charge < -0.3 is 20.1 Å². The molecule has 0 aromatic heterocycles. The largest absolute Gasteiger partial charge is 0.494 e. The molecule has 2 aromatic rings. The van der Waals surface area contributed by atoms with Crippen molar-refractivity contribution in [3.8, 4) is 11.5 Å². The number of nitrogens with zero attached hydrogens (tertiary/aromatic N) is 1. The molecule has 0 unspecified atom stereocenters. The molecule has 0 atom stereocenters. The predicted octanol–water partition coefficient (Wildman–Crippen LogP) is 4.57. The molecular formula is C20H23ClN2O2S. The number of benzene rings is 2. The Labute approximate surface area is 164 Å². The van der Waals surface area contributed by atoms with Gasteiger partial charge in [-0.05, 0) is 74.3 Å². The standard InChI is InChI=1S/C20H23ClN2O2S/c21-15-7-9-16(10-8-15)24-13-2-1-3-14-25-19-6-4-5-18-17(19)11-12-23(18)20(22)26/h4-10H,1-3,11-14H2,(H2,22,26). The molecule has 2 N–H and O–H groups in total. The lowest BCUT2D eigenvalue weighted by Gasteiger charge is -2.17. The van der Waals surface area contributed by atoms with E-state index in [0.29, 0.717) is 18.3 Å². The number of hydrogen-bond donors (Lipinski definition) is 1. The summed E-state index contributed by atoms with van der Waals surface area (Å²) < 4.78 is 11.7. The number of thiocarbonyl (C=S) groups is 1. The quantitative estimate of drug-likeness (QED) is 0.528. The lowest BCUT2D eigenvalue weighted by molar-refractivity contribution is 0.278. The van der Waals surface area contributed by atoms with Gasteiger partial charge in [0.2, 0.25) is 0 Å². The maximum absolute atomic E-state index is 5.99. The summed E-state index contributed by atoms with van der Waals surface area (Å²) in [6.07, 6.45) is 3.96. The Morgan fingerprint density at radius 3 is 2.50 bits per heavy atom. The summed E-state index contributed by atoms with van der Waals surface area (Å²) in [6, 6.07) is 13.5. The zero-order valence-electron chi connectivity index (χ0n) is 14.6. The highest BCUT2D eigenvalue weighted by Gasteiger charge is 2.23. The van der Waals surface area contributed by atoms with E-state index in [4.69, 9.17) is 39.0 Å². The van der Waals surface area contributed by atoms with Crippen molar-refractivity contribution in [1.29, 1.82) is 0 Å². The number of unbranched alkanes of at least 4 members (excludes halogenated alkanes) is 2. The van der Waals surface area contributed by atoms with Crippen LogP contribution in [0, 0.1) is 0 Å². The summed E-state index contributed by atoms with van der Waals surface area (Å²) in [5.74, 6) is 1.80. The minimum atomic E-state index is 0.418. The fraction of sp³-hybridized carbons (Fsp3) is 0.350. The number of halogens is 1. The highest BCUT2D eigenvalue weighted by atomic mass is 35.5. The summed E-state index contributed by atoms with van der Waals surface area (Å²) in [5.41, 5.74) is 8.05. The third kappa shape index (κ3) is 4.80. The first-order chi connectivity index (χ1) is 12.6. The molecule has 1 heterocycles. The van der Waals surface area contributed by atoms with Crippen LogP contribution in [0.2, 0.25) is 5.02 Å². The molecule has 0 fully saturated rings. The molecular weight excluding hydrogens is 368 g/mol. The van der Waals surface area contributed by atoms with Gasteiger partial charge >= 0.3 is 0 Å². The zero-order chi connectivity index (χ0) is 18.4. The van der Waals surface area contributed by atoms with Crippen LogP contribution in [0.3, 0.4) is 0 Å². The number of rotatable bonds is 8. The van der Waals surface area contributed by atoms with E-state index >= 15 is 0 Å². The topological polar surface area (TPSA) is 47.7 Å². The van der Waals surface area contributed by atoms with Crippen molar-refractivity contribution in [2.45, 2.75) is 25.7 Å². The summed E-state index contributed by atoms with van der Waals surface area (Å²) in [6.45, 7) is 2.23. The van der Waals surface area contributed by atoms with Crippen LogP contribution >= 0.6 is 23.8 Å². The molecule has 26 heavy (non-hydrogen) atoms. The fourth-order valence-corrected chi connectivity index (χ4v) is 3.37. The molecule has 1 aliphatic rings. The molecule has 0 aliphatic carbocycles. The van der Waals surface area contributed by atoms with E-state index in [2.05, 4.69) is 0 Å². The van der Waals surface area contributed by atoms with Crippen LogP contribution in [0.25, 0.3) is 0 Å². The lowest BCUT2D eigenvalue weighted by Crippen LogP contribution is -2.33. The molecule has 2 aromatic carbocycles. The second-order valence-electron chi connectivity index (χ2n) is 6.21. The van der Waals surface area contributed by atoms with Gasteiger partial charge in [-0.1, -0.05) is 17.7 Å². The molecule has 0 amide bonds. The molecule has 0 saturated carbocycles. The van der Waals surface area contributed by atoms with E-state index in [1.807, 2.05) is 47.4 Å². The third-order valence-corrected chi connectivity index (χ3v) is 4.85. The van der Waals surface area contributed by atoms with Gasteiger partial charge in [0.05, 0.1) is 18.9 Å². The van der Waals surface area contributed by atoms with E-state index in [1.54, 1.807) is 0 Å². The normalized spacial score (nSPS) is 12.7. The zero-order valence-corrected chi connectivity index (χ0v) is 16.2. The van der Waals surface area contributed by atoms with Crippen molar-refractivity contribution >= 4 is 34.6 Å². The Kier molecular flexibility index (Phi) is 6.58. The molecule has 6 heteroatoms. The minimum Gasteiger partial charge on any atom is -0.494 e. The second kappa shape index (κ2) is 9.10. The minimum absolute atomic E-state index is 0.418. The number of hydrogen-bond acceptors (Lipinski definition) is 3. The van der Waals surface area contributed by atoms with Crippen LogP contribution < -0.4 is 20.1 Å². The molecule has 1 aliphatic heterocycles. The van der Waals surface area contributed by atoms with E-state index in [1.165, 1.54) is 5.56 Å². The van der Waals surface area contributed by atoms with Gasteiger partial charge in [-0.15, -0.1) is 0 Å². The lowest BCUT2D eigenvalue weighted by atomic mass is 10.1. The first-order valence-corrected chi connectivity index (χ1v) is 9.64. The molecule has 0 radical (unpaired) electrons. The van der Waals surface area contributed by atoms with Gasteiger partial charge in [-0.3, -0.25) is 0 Å². The van der Waals surface area contributed by atoms with Crippen molar-refractivity contribution in [1.82, 2.24) is 0 Å². The first-order valence-electron chi connectivity index (χ1n) is 8.85. The Morgan fingerprint density at radius 1 is 1.04 bits per heavy atom. The molecule has 3 rings (SSSR count). The van der Waals surface area contributed by atoms with Crippen LogP contribution in [0.1, 0.15) is 24.8 Å². The Bertz CT molecular complexity index is 752. The van der Waals surface area contributed by atoms with E-state index < -0.39 is 0 Å². The van der Waals surface area contributed by atoms with Crippen molar-refractivity contribution in [3.05, 3.63) is 53.1 Å². The Hall–Kier alpha value is -1.98. The molecule has 0 saturated heterocycles. The number of nitrogens with two attached hydrogens (primary N) is 1. The van der Waals surface area contributed by atoms with Crippen LogP contribution in [-0.4, -0.2) is 24.9 Å². The van der Waals surface area contributed by atoms with Crippen LogP contribution in [-0.2, 0) is 6.42 Å². The summed E-state index contributed by atoms with van der Waals surface area (Å²) in [7, 11) is 0. The Balaban J connectivity index is 1.37. The predicted molar refractivity (Wildman–Crippen MR) is 111 cm³/mol. The Morgan fingerprint density at radius 2 is 1.77 bits per heavy atom. The molecule has 138 valence electrons. The fourth-order valence-electron chi connectivity index (χ4n) is 3.05.